The van der Waals surface area contributed by atoms with Gasteiger partial charge in [-0.15, -0.1) is 12.4 Å². The molecule has 0 saturated carbocycles. The number of hydrogen-bond donors (Lipinski definition) is 5. The molecule has 2 aromatic heterocycles. The third kappa shape index (κ3) is 4.23. The molecule has 3 rings (SSSR count). The normalized spacial score (nSPS) is 26.2. The number of nitrogens with zero attached hydrogens (tertiary/aromatic N) is 4. The summed E-state index contributed by atoms with van der Waals surface area (Å²) in [5, 5.41) is 20.1. The fourth-order valence-corrected chi connectivity index (χ4v) is 2.66. The Kier molecular flexibility index (Phi) is 6.81. The molecule has 0 bridgehead atoms. The largest absolute Gasteiger partial charge is 0.469 e. The molecule has 1 aliphatic rings. The van der Waals surface area contributed by atoms with E-state index >= 15 is 0 Å². The van der Waals surface area contributed by atoms with Crippen molar-refractivity contribution in [1.82, 2.24) is 19.5 Å². The molecule has 3 heterocycles. The number of rotatable bonds is 4. The number of phosphoric ester groups is 1. The maximum absolute atomic E-state index is 10.7. The van der Waals surface area contributed by atoms with Crippen LogP contribution in [0.3, 0.4) is 0 Å². The van der Waals surface area contributed by atoms with Gasteiger partial charge in [-0.05, 0) is 0 Å². The van der Waals surface area contributed by atoms with E-state index in [0.717, 1.165) is 0 Å². The number of hydrogen-bond acceptors (Lipinski definition) is 9. The van der Waals surface area contributed by atoms with Crippen molar-refractivity contribution >= 4 is 37.2 Å². The Balaban J connectivity index is 0.00000156. The summed E-state index contributed by atoms with van der Waals surface area (Å²) in [7, 11) is -4.72. The molecule has 0 radical (unpaired) electrons. The van der Waals surface area contributed by atoms with Gasteiger partial charge in [0.1, 0.15) is 30.2 Å². The Labute approximate surface area is 146 Å². The Morgan fingerprint density at radius 2 is 1.96 bits per heavy atom. The number of anilines is 1. The van der Waals surface area contributed by atoms with Gasteiger partial charge >= 0.3 is 7.82 Å². The van der Waals surface area contributed by atoms with Crippen molar-refractivity contribution in [3.8, 4) is 0 Å². The number of fused-ring (bicyclic) bond motifs is 1. The van der Waals surface area contributed by atoms with Crippen LogP contribution >= 0.6 is 20.2 Å². The zero-order valence-corrected chi connectivity index (χ0v) is 14.1. The number of nitrogen functional groups attached to an aromatic ring is 1. The molecule has 8 N–H and O–H groups in total. The quantitative estimate of drug-likeness (QED) is 0.344. The van der Waals surface area contributed by atoms with Crippen LogP contribution in [0, 0.1) is 0 Å². The smallest absolute Gasteiger partial charge is 0.412 e. The van der Waals surface area contributed by atoms with E-state index in [1.807, 2.05) is 0 Å². The molecule has 0 amide bonds. The molecule has 1 aliphatic heterocycles. The number of phosphoric acid groups is 1. The van der Waals surface area contributed by atoms with E-state index in [1.165, 1.54) is 17.2 Å². The standard InChI is InChI=1S/C10H14N5O7P.ClH.H2O/c11-8-5-9(13-2-12-8)15(3-14-5)10-7(17)6(16)4(22-10)1-21-23(18,19)20;;/h2-4,6-7,10,16-17H,1H2,(H2,11,12,13)(H2,18,19,20);1H;1H2/t4-,6-,7-,10-;;/m1../s1. The Morgan fingerprint density at radius 3 is 2.60 bits per heavy atom. The molecule has 13 nitrogen and oxygen atoms in total. The average Bonchev–Trinajstić information content (AvgIpc) is 3.01. The first-order chi connectivity index (χ1) is 10.8. The van der Waals surface area contributed by atoms with Gasteiger partial charge in [0.15, 0.2) is 17.7 Å². The first kappa shape index (κ1) is 21.6. The van der Waals surface area contributed by atoms with Gasteiger partial charge in [-0.1, -0.05) is 0 Å². The van der Waals surface area contributed by atoms with Crippen LogP contribution in [0.4, 0.5) is 5.82 Å². The van der Waals surface area contributed by atoms with Gasteiger partial charge in [-0.3, -0.25) is 9.09 Å². The summed E-state index contributed by atoms with van der Waals surface area (Å²) in [6, 6.07) is 0. The maximum atomic E-state index is 10.7. The summed E-state index contributed by atoms with van der Waals surface area (Å²) >= 11 is 0. The minimum atomic E-state index is -4.72. The second-order valence-corrected chi connectivity index (χ2v) is 6.15. The molecule has 1 saturated heterocycles. The monoisotopic (exact) mass is 401 g/mol. The van der Waals surface area contributed by atoms with Crippen molar-refractivity contribution in [1.29, 1.82) is 0 Å². The van der Waals surface area contributed by atoms with Gasteiger partial charge in [-0.25, -0.2) is 19.5 Å². The number of aliphatic hydroxyl groups is 2. The van der Waals surface area contributed by atoms with Gasteiger partial charge in [0.05, 0.1) is 12.9 Å². The van der Waals surface area contributed by atoms with E-state index in [-0.39, 0.29) is 29.3 Å². The van der Waals surface area contributed by atoms with Gasteiger partial charge in [-0.2, -0.15) is 0 Å². The number of nitrogens with two attached hydrogens (primary N) is 1. The molecule has 0 aromatic carbocycles. The van der Waals surface area contributed by atoms with E-state index in [0.29, 0.717) is 5.52 Å². The van der Waals surface area contributed by atoms with E-state index in [4.69, 9.17) is 20.3 Å². The highest BCUT2D eigenvalue weighted by molar-refractivity contribution is 7.46. The predicted molar refractivity (Wildman–Crippen MR) is 84.5 cm³/mol. The highest BCUT2D eigenvalue weighted by atomic mass is 35.5. The fourth-order valence-electron chi connectivity index (χ4n) is 2.32. The summed E-state index contributed by atoms with van der Waals surface area (Å²) < 4.78 is 21.8. The zero-order valence-electron chi connectivity index (χ0n) is 12.4. The van der Waals surface area contributed by atoms with Crippen molar-refractivity contribution < 1.29 is 39.3 Å². The lowest BCUT2D eigenvalue weighted by atomic mass is 10.1. The molecule has 142 valence electrons. The predicted octanol–water partition coefficient (Wildman–Crippen LogP) is -2.27. The SMILES string of the molecule is Cl.Nc1ncnc2c1ncn2[C@@H]1O[C@H](COP(=O)(O)O)[C@@H](O)[C@H]1O.O. The van der Waals surface area contributed by atoms with Crippen LogP contribution in [0.15, 0.2) is 12.7 Å². The lowest BCUT2D eigenvalue weighted by Gasteiger charge is -2.16. The van der Waals surface area contributed by atoms with E-state index in [2.05, 4.69) is 19.5 Å². The molecule has 0 unspecified atom stereocenters. The maximum Gasteiger partial charge on any atom is 0.469 e. The molecule has 0 aliphatic carbocycles. The number of aliphatic hydroxyl groups excluding tert-OH is 2. The van der Waals surface area contributed by atoms with Gasteiger partial charge in [0.25, 0.3) is 0 Å². The van der Waals surface area contributed by atoms with E-state index < -0.39 is 39.0 Å². The Bertz CT molecular complexity index is 771. The number of imidazole rings is 1. The highest BCUT2D eigenvalue weighted by Crippen LogP contribution is 2.38. The van der Waals surface area contributed by atoms with Crippen molar-refractivity contribution in [2.75, 3.05) is 12.3 Å². The lowest BCUT2D eigenvalue weighted by Crippen LogP contribution is -2.33. The van der Waals surface area contributed by atoms with Gasteiger partial charge < -0.3 is 35.9 Å². The molecule has 4 atom stereocenters. The number of ether oxygens (including phenoxy) is 1. The molecular weight excluding hydrogens is 385 g/mol. The van der Waals surface area contributed by atoms with Crippen LogP contribution in [0.25, 0.3) is 11.2 Å². The fraction of sp³-hybridized carbons (Fsp3) is 0.500. The highest BCUT2D eigenvalue weighted by Gasteiger charge is 2.45. The van der Waals surface area contributed by atoms with Crippen LogP contribution in [-0.2, 0) is 13.8 Å². The topological polar surface area (TPSA) is 218 Å². The summed E-state index contributed by atoms with van der Waals surface area (Å²) in [5.41, 5.74) is 6.25. The second-order valence-electron chi connectivity index (χ2n) is 4.92. The molecule has 2 aromatic rings. The number of aromatic nitrogens is 4. The summed E-state index contributed by atoms with van der Waals surface area (Å²) in [4.78, 5) is 29.2. The summed E-state index contributed by atoms with van der Waals surface area (Å²) in [6.45, 7) is -0.594. The van der Waals surface area contributed by atoms with Crippen molar-refractivity contribution in [3.05, 3.63) is 12.7 Å². The van der Waals surface area contributed by atoms with Gasteiger partial charge in [0.2, 0.25) is 0 Å². The second kappa shape index (κ2) is 7.86. The zero-order chi connectivity index (χ0) is 16.8. The van der Waals surface area contributed by atoms with Crippen molar-refractivity contribution in [3.63, 3.8) is 0 Å². The van der Waals surface area contributed by atoms with Gasteiger partial charge in [0, 0.05) is 0 Å². The van der Waals surface area contributed by atoms with Crippen molar-refractivity contribution in [2.45, 2.75) is 24.5 Å². The van der Waals surface area contributed by atoms with Crippen LogP contribution in [0.1, 0.15) is 6.23 Å². The average molecular weight is 402 g/mol. The Hall–Kier alpha value is -1.41. The summed E-state index contributed by atoms with van der Waals surface area (Å²) in [5.74, 6) is 0.142. The first-order valence-corrected chi connectivity index (χ1v) is 7.95. The molecule has 15 heteroatoms. The summed E-state index contributed by atoms with van der Waals surface area (Å²) in [6.07, 6.45) is -2.49. The molecule has 0 spiro atoms. The molecule has 25 heavy (non-hydrogen) atoms. The minimum Gasteiger partial charge on any atom is -0.412 e. The Morgan fingerprint density at radius 1 is 1.28 bits per heavy atom. The minimum absolute atomic E-state index is 0. The van der Waals surface area contributed by atoms with E-state index in [1.54, 1.807) is 0 Å². The third-order valence-electron chi connectivity index (χ3n) is 3.41. The van der Waals surface area contributed by atoms with Crippen LogP contribution in [-0.4, -0.2) is 69.9 Å². The number of halogens is 1. The molecule has 1 fully saturated rings. The third-order valence-corrected chi connectivity index (χ3v) is 3.89. The molecular formula is C10H17ClN5O8P. The van der Waals surface area contributed by atoms with Crippen LogP contribution < -0.4 is 5.73 Å². The lowest BCUT2D eigenvalue weighted by molar-refractivity contribution is -0.0504. The first-order valence-electron chi connectivity index (χ1n) is 6.42. The van der Waals surface area contributed by atoms with Crippen LogP contribution in [0.5, 0.6) is 0 Å². The van der Waals surface area contributed by atoms with Crippen LogP contribution in [0.2, 0.25) is 0 Å². The van der Waals surface area contributed by atoms with E-state index in [9.17, 15) is 14.8 Å². The van der Waals surface area contributed by atoms with Crippen molar-refractivity contribution in [2.24, 2.45) is 0 Å².